The lowest BCUT2D eigenvalue weighted by atomic mass is 10.1. The maximum atomic E-state index is 5.64. The molecule has 102 valence electrons. The van der Waals surface area contributed by atoms with E-state index in [9.17, 15) is 0 Å². The lowest BCUT2D eigenvalue weighted by Gasteiger charge is -2.25. The Hall–Kier alpha value is -1.20. The second-order valence-corrected chi connectivity index (χ2v) is 6.09. The van der Waals surface area contributed by atoms with Gasteiger partial charge < -0.3 is 10.6 Å². The Bertz CT molecular complexity index is 566. The summed E-state index contributed by atoms with van der Waals surface area (Å²) in [6.07, 6.45) is 6.49. The Morgan fingerprint density at radius 2 is 2.37 bits per heavy atom. The minimum Gasteiger partial charge on any atom is -0.352 e. The van der Waals surface area contributed by atoms with E-state index in [4.69, 9.17) is 5.73 Å². The highest BCUT2D eigenvalue weighted by Crippen LogP contribution is 2.35. The van der Waals surface area contributed by atoms with E-state index in [2.05, 4.69) is 27.2 Å². The van der Waals surface area contributed by atoms with Crippen LogP contribution >= 0.6 is 11.3 Å². The molecule has 1 aliphatic heterocycles. The minimum absolute atomic E-state index is 0.601. The summed E-state index contributed by atoms with van der Waals surface area (Å²) in [5.74, 6) is 1.13. The van der Waals surface area contributed by atoms with Gasteiger partial charge in [0.25, 0.3) is 0 Å². The van der Waals surface area contributed by atoms with Crippen molar-refractivity contribution in [2.75, 3.05) is 18.0 Å². The minimum atomic E-state index is 0.601. The van der Waals surface area contributed by atoms with Crippen LogP contribution in [0.2, 0.25) is 0 Å². The molecule has 1 saturated heterocycles. The van der Waals surface area contributed by atoms with Crippen LogP contribution in [-0.2, 0) is 0 Å². The molecule has 2 N–H and O–H groups in total. The van der Waals surface area contributed by atoms with Crippen molar-refractivity contribution in [3.8, 4) is 0 Å². The summed E-state index contributed by atoms with van der Waals surface area (Å²) in [4.78, 5) is 11.4. The first-order valence-electron chi connectivity index (χ1n) is 6.96. The maximum absolute atomic E-state index is 5.64. The molecule has 1 aliphatic rings. The summed E-state index contributed by atoms with van der Waals surface area (Å²) < 4.78 is 1.24. The quantitative estimate of drug-likeness (QED) is 0.933. The van der Waals surface area contributed by atoms with Crippen LogP contribution in [0, 0.1) is 6.92 Å². The van der Waals surface area contributed by atoms with Crippen molar-refractivity contribution in [2.24, 2.45) is 5.73 Å². The number of nitrogens with two attached hydrogens (primary N) is 1. The number of hydrogen-bond acceptors (Lipinski definition) is 5. The summed E-state index contributed by atoms with van der Waals surface area (Å²) in [6.45, 7) is 4.01. The highest BCUT2D eigenvalue weighted by Gasteiger charge is 2.27. The van der Waals surface area contributed by atoms with Crippen LogP contribution in [0.15, 0.2) is 11.7 Å². The predicted molar refractivity (Wildman–Crippen MR) is 80.8 cm³/mol. The second-order valence-electron chi connectivity index (χ2n) is 5.21. The number of anilines is 1. The first kappa shape index (κ1) is 12.8. The van der Waals surface area contributed by atoms with Gasteiger partial charge in [-0.05, 0) is 50.1 Å². The van der Waals surface area contributed by atoms with E-state index < -0.39 is 0 Å². The van der Waals surface area contributed by atoms with Crippen LogP contribution in [0.5, 0.6) is 0 Å². The van der Waals surface area contributed by atoms with E-state index in [1.165, 1.54) is 29.5 Å². The molecule has 0 spiro atoms. The number of aromatic nitrogens is 2. The molecule has 0 radical (unpaired) electrons. The van der Waals surface area contributed by atoms with Crippen molar-refractivity contribution in [1.29, 1.82) is 0 Å². The average Bonchev–Trinajstić information content (AvgIpc) is 3.03. The van der Waals surface area contributed by atoms with Crippen molar-refractivity contribution in [3.05, 3.63) is 17.3 Å². The van der Waals surface area contributed by atoms with Crippen molar-refractivity contribution >= 4 is 27.4 Å². The van der Waals surface area contributed by atoms with Crippen molar-refractivity contribution < 1.29 is 0 Å². The van der Waals surface area contributed by atoms with Crippen molar-refractivity contribution in [1.82, 2.24) is 9.97 Å². The van der Waals surface area contributed by atoms with Gasteiger partial charge in [0, 0.05) is 12.6 Å². The Morgan fingerprint density at radius 3 is 3.21 bits per heavy atom. The Morgan fingerprint density at radius 1 is 1.47 bits per heavy atom. The van der Waals surface area contributed by atoms with Gasteiger partial charge in [0.05, 0.1) is 10.2 Å². The van der Waals surface area contributed by atoms with Gasteiger partial charge in [0.1, 0.15) is 12.1 Å². The number of fused-ring (bicyclic) bond motifs is 1. The van der Waals surface area contributed by atoms with E-state index in [0.29, 0.717) is 6.04 Å². The zero-order chi connectivity index (χ0) is 13.2. The standard InChI is InChI=1S/C14H20N4S/c1-10-8-19-13-12(10)16-9-17-14(13)18-7-3-5-11(18)4-2-6-15/h8-9,11H,2-7,15H2,1H3. The van der Waals surface area contributed by atoms with Gasteiger partial charge in [0.15, 0.2) is 0 Å². The molecular formula is C14H20N4S. The molecule has 3 heterocycles. The van der Waals surface area contributed by atoms with Crippen molar-refractivity contribution in [2.45, 2.75) is 38.6 Å². The SMILES string of the molecule is Cc1csc2c(N3CCCC3CCCN)ncnc12. The van der Waals surface area contributed by atoms with E-state index in [1.54, 1.807) is 17.7 Å². The molecule has 2 aromatic rings. The molecule has 0 aromatic carbocycles. The number of thiophene rings is 1. The van der Waals surface area contributed by atoms with Gasteiger partial charge in [-0.1, -0.05) is 0 Å². The second kappa shape index (κ2) is 5.43. The van der Waals surface area contributed by atoms with Crippen LogP contribution in [-0.4, -0.2) is 29.1 Å². The number of aryl methyl sites for hydroxylation is 1. The zero-order valence-electron chi connectivity index (χ0n) is 11.3. The highest BCUT2D eigenvalue weighted by molar-refractivity contribution is 7.18. The van der Waals surface area contributed by atoms with E-state index in [0.717, 1.165) is 30.8 Å². The number of nitrogens with zero attached hydrogens (tertiary/aromatic N) is 3. The fourth-order valence-electron chi connectivity index (χ4n) is 2.93. The molecule has 4 nitrogen and oxygen atoms in total. The third-order valence-corrected chi connectivity index (χ3v) is 4.99. The summed E-state index contributed by atoms with van der Waals surface area (Å²) >= 11 is 1.76. The van der Waals surface area contributed by atoms with E-state index in [-0.39, 0.29) is 0 Å². The van der Waals surface area contributed by atoms with Gasteiger partial charge in [-0.2, -0.15) is 0 Å². The van der Waals surface area contributed by atoms with Gasteiger partial charge >= 0.3 is 0 Å². The summed E-state index contributed by atoms with van der Waals surface area (Å²) in [5.41, 5.74) is 8.00. The molecule has 0 saturated carbocycles. The Kier molecular flexibility index (Phi) is 3.66. The van der Waals surface area contributed by atoms with E-state index in [1.807, 2.05) is 0 Å². The first-order valence-corrected chi connectivity index (χ1v) is 7.84. The lowest BCUT2D eigenvalue weighted by Crippen LogP contribution is -2.30. The molecule has 0 amide bonds. The van der Waals surface area contributed by atoms with Gasteiger partial charge in [-0.3, -0.25) is 0 Å². The topological polar surface area (TPSA) is 55.0 Å². The Balaban J connectivity index is 1.94. The smallest absolute Gasteiger partial charge is 0.150 e. The first-order chi connectivity index (χ1) is 9.31. The lowest BCUT2D eigenvalue weighted by molar-refractivity contribution is 0.583. The monoisotopic (exact) mass is 276 g/mol. The largest absolute Gasteiger partial charge is 0.352 e. The van der Waals surface area contributed by atoms with Crippen LogP contribution in [0.4, 0.5) is 5.82 Å². The zero-order valence-corrected chi connectivity index (χ0v) is 12.1. The molecule has 1 atom stereocenters. The molecule has 1 fully saturated rings. The Labute approximate surface area is 117 Å². The molecule has 0 aliphatic carbocycles. The molecule has 19 heavy (non-hydrogen) atoms. The number of hydrogen-bond donors (Lipinski definition) is 1. The predicted octanol–water partition coefficient (Wildman–Crippen LogP) is 2.71. The molecule has 0 bridgehead atoms. The maximum Gasteiger partial charge on any atom is 0.150 e. The van der Waals surface area contributed by atoms with E-state index >= 15 is 0 Å². The molecule has 3 rings (SSSR count). The van der Waals surface area contributed by atoms with Crippen LogP contribution in [0.3, 0.4) is 0 Å². The molecule has 1 unspecified atom stereocenters. The van der Waals surface area contributed by atoms with Crippen LogP contribution < -0.4 is 10.6 Å². The summed E-state index contributed by atoms with van der Waals surface area (Å²) in [5, 5.41) is 2.17. The average molecular weight is 276 g/mol. The fraction of sp³-hybridized carbons (Fsp3) is 0.571. The van der Waals surface area contributed by atoms with Gasteiger partial charge in [-0.25, -0.2) is 9.97 Å². The summed E-state index contributed by atoms with van der Waals surface area (Å²) in [7, 11) is 0. The van der Waals surface area contributed by atoms with Gasteiger partial charge in [-0.15, -0.1) is 11.3 Å². The highest BCUT2D eigenvalue weighted by atomic mass is 32.1. The van der Waals surface area contributed by atoms with Crippen LogP contribution in [0.1, 0.15) is 31.2 Å². The van der Waals surface area contributed by atoms with Gasteiger partial charge in [0.2, 0.25) is 0 Å². The molecular weight excluding hydrogens is 256 g/mol. The van der Waals surface area contributed by atoms with Crippen molar-refractivity contribution in [3.63, 3.8) is 0 Å². The third kappa shape index (κ3) is 2.32. The fourth-order valence-corrected chi connectivity index (χ4v) is 3.94. The van der Waals surface area contributed by atoms with Crippen LogP contribution in [0.25, 0.3) is 10.2 Å². The molecule has 5 heteroatoms. The number of rotatable bonds is 4. The summed E-state index contributed by atoms with van der Waals surface area (Å²) in [6, 6.07) is 0.601. The normalized spacial score (nSPS) is 19.5. The third-order valence-electron chi connectivity index (χ3n) is 3.90. The molecule has 2 aromatic heterocycles.